The fraction of sp³-hybridized carbons (Fsp3) is 0.625. The number of nitrogens with one attached hydrogen (secondary N) is 3. The number of hydrogen-bond acceptors (Lipinski definition) is 6. The van der Waals surface area contributed by atoms with Gasteiger partial charge in [0.1, 0.15) is 12.1 Å². The molecule has 9 nitrogen and oxygen atoms in total. The lowest BCUT2D eigenvalue weighted by Gasteiger charge is -2.23. The van der Waals surface area contributed by atoms with Gasteiger partial charge in [-0.25, -0.2) is 0 Å². The quantitative estimate of drug-likeness (QED) is 0.172. The van der Waals surface area contributed by atoms with Crippen molar-refractivity contribution in [3.05, 3.63) is 35.9 Å². The van der Waals surface area contributed by atoms with Crippen LogP contribution < -0.4 is 33.2 Å². The third-order valence-electron chi connectivity index (χ3n) is 5.32. The molecule has 1 rings (SSSR count). The van der Waals surface area contributed by atoms with E-state index in [0.717, 1.165) is 37.7 Å². The van der Waals surface area contributed by atoms with Gasteiger partial charge in [-0.05, 0) is 76.6 Å². The number of carbonyl (C=O) groups is 3. The van der Waals surface area contributed by atoms with Gasteiger partial charge >= 0.3 is 0 Å². The van der Waals surface area contributed by atoms with E-state index in [1.807, 2.05) is 30.3 Å². The molecule has 2 atom stereocenters. The molecule has 0 bridgehead atoms. The van der Waals surface area contributed by atoms with Gasteiger partial charge in [0.15, 0.2) is 0 Å². The van der Waals surface area contributed by atoms with E-state index < -0.39 is 12.1 Å². The van der Waals surface area contributed by atoms with Crippen molar-refractivity contribution in [2.45, 2.75) is 69.9 Å². The predicted molar refractivity (Wildman–Crippen MR) is 131 cm³/mol. The second-order valence-electron chi connectivity index (χ2n) is 8.20. The highest BCUT2D eigenvalue weighted by atomic mass is 16.2. The summed E-state index contributed by atoms with van der Waals surface area (Å²) in [6, 6.07) is 7.95. The molecule has 0 heterocycles. The van der Waals surface area contributed by atoms with E-state index in [-0.39, 0.29) is 24.1 Å². The standard InChI is InChI=1S/C24H42N6O3/c25-14-6-4-12-20(23(32)28-17-9-8-16-27)30-24(33)21(13-5-7-15-26)29-22(31)18-19-10-2-1-3-11-19/h1-3,10-11,20-21H,4-9,12-18,25-27H2,(H,28,32)(H,29,31)(H,30,33)/t20-,21-/m0/s1. The van der Waals surface area contributed by atoms with Gasteiger partial charge in [0.05, 0.1) is 6.42 Å². The van der Waals surface area contributed by atoms with Gasteiger partial charge in [-0.1, -0.05) is 30.3 Å². The molecule has 3 amide bonds. The molecule has 0 aromatic heterocycles. The van der Waals surface area contributed by atoms with Crippen LogP contribution in [0.3, 0.4) is 0 Å². The zero-order valence-electron chi connectivity index (χ0n) is 19.7. The van der Waals surface area contributed by atoms with Crippen molar-refractivity contribution in [1.82, 2.24) is 16.0 Å². The van der Waals surface area contributed by atoms with Crippen LogP contribution in [0.15, 0.2) is 30.3 Å². The van der Waals surface area contributed by atoms with Crippen LogP contribution in [0.4, 0.5) is 0 Å². The van der Waals surface area contributed by atoms with E-state index in [2.05, 4.69) is 16.0 Å². The van der Waals surface area contributed by atoms with Crippen LogP contribution in [-0.2, 0) is 20.8 Å². The molecule has 0 saturated carbocycles. The van der Waals surface area contributed by atoms with Crippen LogP contribution in [0.2, 0.25) is 0 Å². The Morgan fingerprint density at radius 2 is 1.24 bits per heavy atom. The Bertz CT molecular complexity index is 686. The number of benzene rings is 1. The van der Waals surface area contributed by atoms with Crippen LogP contribution >= 0.6 is 0 Å². The lowest BCUT2D eigenvalue weighted by atomic mass is 10.0. The van der Waals surface area contributed by atoms with Gasteiger partial charge in [0, 0.05) is 6.54 Å². The molecule has 0 aliphatic rings. The third kappa shape index (κ3) is 13.0. The molecule has 33 heavy (non-hydrogen) atoms. The van der Waals surface area contributed by atoms with Gasteiger partial charge in [-0.15, -0.1) is 0 Å². The Kier molecular flexibility index (Phi) is 15.6. The largest absolute Gasteiger partial charge is 0.354 e. The Morgan fingerprint density at radius 3 is 1.82 bits per heavy atom. The third-order valence-corrected chi connectivity index (χ3v) is 5.32. The highest BCUT2D eigenvalue weighted by Gasteiger charge is 2.26. The number of amides is 3. The molecule has 9 heteroatoms. The molecule has 0 aliphatic heterocycles. The smallest absolute Gasteiger partial charge is 0.243 e. The van der Waals surface area contributed by atoms with Gasteiger partial charge in [-0.3, -0.25) is 14.4 Å². The summed E-state index contributed by atoms with van der Waals surface area (Å²) >= 11 is 0. The first kappa shape index (κ1) is 28.5. The first-order valence-electron chi connectivity index (χ1n) is 12.0. The maximum atomic E-state index is 13.1. The molecular formula is C24H42N6O3. The number of nitrogens with two attached hydrogens (primary N) is 3. The second kappa shape index (κ2) is 18.0. The summed E-state index contributed by atoms with van der Waals surface area (Å²) < 4.78 is 0. The van der Waals surface area contributed by atoms with Gasteiger partial charge in [0.25, 0.3) is 0 Å². The Hall–Kier alpha value is -2.49. The van der Waals surface area contributed by atoms with Crippen molar-refractivity contribution in [2.75, 3.05) is 26.2 Å². The zero-order valence-corrected chi connectivity index (χ0v) is 19.7. The molecule has 0 saturated heterocycles. The molecule has 0 fully saturated rings. The van der Waals surface area contributed by atoms with Crippen molar-refractivity contribution in [3.63, 3.8) is 0 Å². The van der Waals surface area contributed by atoms with Crippen LogP contribution in [0.1, 0.15) is 56.9 Å². The summed E-state index contributed by atoms with van der Waals surface area (Å²) in [6.45, 7) is 2.11. The highest BCUT2D eigenvalue weighted by Crippen LogP contribution is 2.07. The second-order valence-corrected chi connectivity index (χ2v) is 8.20. The van der Waals surface area contributed by atoms with E-state index in [0.29, 0.717) is 45.4 Å². The summed E-state index contributed by atoms with van der Waals surface area (Å²) in [5.74, 6) is -0.822. The zero-order chi connectivity index (χ0) is 24.3. The maximum absolute atomic E-state index is 13.1. The van der Waals surface area contributed by atoms with Crippen molar-refractivity contribution >= 4 is 17.7 Å². The van der Waals surface area contributed by atoms with Crippen molar-refractivity contribution in [2.24, 2.45) is 17.2 Å². The summed E-state index contributed by atoms with van der Waals surface area (Å²) in [5, 5.41) is 8.56. The average Bonchev–Trinajstić information content (AvgIpc) is 2.81. The highest BCUT2D eigenvalue weighted by molar-refractivity contribution is 5.92. The van der Waals surface area contributed by atoms with Crippen molar-refractivity contribution in [3.8, 4) is 0 Å². The minimum atomic E-state index is -0.727. The van der Waals surface area contributed by atoms with Crippen LogP contribution in [-0.4, -0.2) is 56.0 Å². The average molecular weight is 463 g/mol. The fourth-order valence-electron chi connectivity index (χ4n) is 3.43. The van der Waals surface area contributed by atoms with Crippen molar-refractivity contribution in [1.29, 1.82) is 0 Å². The number of hydrogen-bond donors (Lipinski definition) is 6. The topological polar surface area (TPSA) is 165 Å². The van der Waals surface area contributed by atoms with E-state index in [1.54, 1.807) is 0 Å². The Labute approximate surface area is 197 Å². The molecule has 0 spiro atoms. The fourth-order valence-corrected chi connectivity index (χ4v) is 3.43. The first-order valence-corrected chi connectivity index (χ1v) is 12.0. The van der Waals surface area contributed by atoms with Crippen LogP contribution in [0.5, 0.6) is 0 Å². The van der Waals surface area contributed by atoms with E-state index in [4.69, 9.17) is 17.2 Å². The lowest BCUT2D eigenvalue weighted by molar-refractivity contribution is -0.132. The van der Waals surface area contributed by atoms with Gasteiger partial charge in [-0.2, -0.15) is 0 Å². The van der Waals surface area contributed by atoms with E-state index in [9.17, 15) is 14.4 Å². The molecule has 0 aliphatic carbocycles. The maximum Gasteiger partial charge on any atom is 0.243 e. The number of rotatable bonds is 18. The molecule has 0 radical (unpaired) electrons. The Balaban J connectivity index is 2.77. The van der Waals surface area contributed by atoms with E-state index >= 15 is 0 Å². The summed E-state index contributed by atoms with van der Waals surface area (Å²) in [7, 11) is 0. The number of unbranched alkanes of at least 4 members (excludes halogenated alkanes) is 3. The molecular weight excluding hydrogens is 420 g/mol. The van der Waals surface area contributed by atoms with Crippen molar-refractivity contribution < 1.29 is 14.4 Å². The summed E-state index contributed by atoms with van der Waals surface area (Å²) in [4.78, 5) is 38.3. The monoisotopic (exact) mass is 462 g/mol. The molecule has 0 unspecified atom stereocenters. The van der Waals surface area contributed by atoms with Gasteiger partial charge in [0.2, 0.25) is 17.7 Å². The summed E-state index contributed by atoms with van der Waals surface area (Å²) in [5.41, 5.74) is 17.5. The van der Waals surface area contributed by atoms with E-state index in [1.165, 1.54) is 0 Å². The lowest BCUT2D eigenvalue weighted by Crippen LogP contribution is -2.54. The molecule has 186 valence electrons. The minimum Gasteiger partial charge on any atom is -0.354 e. The predicted octanol–water partition coefficient (Wildman–Crippen LogP) is 0.312. The molecule has 1 aromatic rings. The first-order chi connectivity index (χ1) is 16.0. The summed E-state index contributed by atoms with van der Waals surface area (Å²) in [6.07, 6.45) is 5.66. The Morgan fingerprint density at radius 1 is 0.697 bits per heavy atom. The molecule has 9 N–H and O–H groups in total. The SMILES string of the molecule is NCCCCNC(=O)[C@H](CCCCN)NC(=O)[C@H](CCCCN)NC(=O)Cc1ccccc1. The molecule has 1 aromatic carbocycles. The number of carbonyl (C=O) groups excluding carboxylic acids is 3. The van der Waals surface area contributed by atoms with Crippen LogP contribution in [0.25, 0.3) is 0 Å². The minimum absolute atomic E-state index is 0.184. The van der Waals surface area contributed by atoms with Crippen LogP contribution in [0, 0.1) is 0 Å². The normalized spacial score (nSPS) is 12.6. The van der Waals surface area contributed by atoms with Gasteiger partial charge < -0.3 is 33.2 Å².